The van der Waals surface area contributed by atoms with Crippen molar-refractivity contribution in [3.8, 4) is 6.07 Å². The minimum Gasteiger partial charge on any atom is -0.311 e. The summed E-state index contributed by atoms with van der Waals surface area (Å²) >= 11 is 0. The Labute approximate surface area is 112 Å². The molecule has 1 rings (SSSR count). The number of hydrogen-bond donors (Lipinski definition) is 1. The second-order valence-electron chi connectivity index (χ2n) is 4.00. The highest BCUT2D eigenvalue weighted by atomic mass is 32.2. The maximum atomic E-state index is 11.6. The summed E-state index contributed by atoms with van der Waals surface area (Å²) in [5.41, 5.74) is 1.02. The summed E-state index contributed by atoms with van der Waals surface area (Å²) in [5, 5.41) is 8.82. The molecule has 1 aromatic rings. The number of hydrogen-bond acceptors (Lipinski definition) is 4. The van der Waals surface area contributed by atoms with Crippen molar-refractivity contribution in [2.45, 2.75) is 6.92 Å². The van der Waals surface area contributed by atoms with Crippen molar-refractivity contribution in [1.82, 2.24) is 4.72 Å². The van der Waals surface area contributed by atoms with Gasteiger partial charge in [-0.05, 0) is 18.2 Å². The summed E-state index contributed by atoms with van der Waals surface area (Å²) in [6, 6.07) is 8.58. The van der Waals surface area contributed by atoms with E-state index in [1.165, 1.54) is 11.8 Å². The Morgan fingerprint density at radius 2 is 2.16 bits per heavy atom. The van der Waals surface area contributed by atoms with Crippen LogP contribution in [-0.2, 0) is 14.8 Å². The number of carbonyl (C=O) groups is 1. The predicted octanol–water partition coefficient (Wildman–Crippen LogP) is 0.460. The molecule has 1 amide bonds. The van der Waals surface area contributed by atoms with Crippen LogP contribution in [-0.4, -0.2) is 33.7 Å². The number of amides is 1. The Hall–Kier alpha value is -1.91. The van der Waals surface area contributed by atoms with Gasteiger partial charge in [0.1, 0.15) is 0 Å². The lowest BCUT2D eigenvalue weighted by atomic mass is 10.2. The molecule has 0 fully saturated rings. The van der Waals surface area contributed by atoms with E-state index in [4.69, 9.17) is 5.26 Å². The number of nitrogens with one attached hydrogen (secondary N) is 1. The molecule has 1 N–H and O–H groups in total. The van der Waals surface area contributed by atoms with Crippen molar-refractivity contribution in [3.63, 3.8) is 0 Å². The van der Waals surface area contributed by atoms with E-state index < -0.39 is 10.0 Å². The van der Waals surface area contributed by atoms with Gasteiger partial charge in [0.25, 0.3) is 0 Å². The molecule has 0 spiro atoms. The predicted molar refractivity (Wildman–Crippen MR) is 72.0 cm³/mol. The number of benzene rings is 1. The van der Waals surface area contributed by atoms with Gasteiger partial charge in [-0.15, -0.1) is 0 Å². The van der Waals surface area contributed by atoms with Crippen LogP contribution < -0.4 is 9.62 Å². The van der Waals surface area contributed by atoms with Crippen LogP contribution in [0.5, 0.6) is 0 Å². The van der Waals surface area contributed by atoms with Gasteiger partial charge in [0.05, 0.1) is 17.9 Å². The lowest BCUT2D eigenvalue weighted by molar-refractivity contribution is -0.116. The molecule has 0 atom stereocenters. The van der Waals surface area contributed by atoms with E-state index in [0.717, 1.165) is 6.26 Å². The fraction of sp³-hybridized carbons (Fsp3) is 0.333. The van der Waals surface area contributed by atoms with Crippen LogP contribution >= 0.6 is 0 Å². The molecule has 0 bridgehead atoms. The van der Waals surface area contributed by atoms with Crippen molar-refractivity contribution < 1.29 is 13.2 Å². The topological polar surface area (TPSA) is 90.3 Å². The van der Waals surface area contributed by atoms with Gasteiger partial charge < -0.3 is 4.90 Å². The zero-order valence-corrected chi connectivity index (χ0v) is 11.6. The zero-order valence-electron chi connectivity index (χ0n) is 10.8. The normalized spacial score (nSPS) is 10.8. The molecule has 0 aliphatic carbocycles. The van der Waals surface area contributed by atoms with Crippen molar-refractivity contribution in [2.24, 2.45) is 0 Å². The SMILES string of the molecule is CC(=O)N(CCNS(C)(=O)=O)c1cccc(C#N)c1. The number of nitrogens with zero attached hydrogens (tertiary/aromatic N) is 2. The first-order valence-electron chi connectivity index (χ1n) is 5.56. The Morgan fingerprint density at radius 1 is 1.47 bits per heavy atom. The molecular weight excluding hydrogens is 266 g/mol. The molecule has 0 unspecified atom stereocenters. The molecule has 0 saturated carbocycles. The molecule has 1 aromatic carbocycles. The van der Waals surface area contributed by atoms with Gasteiger partial charge in [-0.1, -0.05) is 6.07 Å². The summed E-state index contributed by atoms with van der Waals surface area (Å²) in [4.78, 5) is 13.0. The van der Waals surface area contributed by atoms with Crippen molar-refractivity contribution in [1.29, 1.82) is 5.26 Å². The first-order valence-corrected chi connectivity index (χ1v) is 7.45. The average Bonchev–Trinajstić information content (AvgIpc) is 2.33. The molecule has 0 heterocycles. The Kier molecular flexibility index (Phi) is 5.03. The Balaban J connectivity index is 2.83. The molecule has 102 valence electrons. The van der Waals surface area contributed by atoms with Crippen LogP contribution in [0.4, 0.5) is 5.69 Å². The van der Waals surface area contributed by atoms with Gasteiger partial charge >= 0.3 is 0 Å². The molecule has 0 saturated heterocycles. The quantitative estimate of drug-likeness (QED) is 0.849. The summed E-state index contributed by atoms with van der Waals surface area (Å²) in [6.07, 6.45) is 1.06. The van der Waals surface area contributed by atoms with Crippen molar-refractivity contribution in [3.05, 3.63) is 29.8 Å². The smallest absolute Gasteiger partial charge is 0.223 e. The number of nitriles is 1. The maximum absolute atomic E-state index is 11.6. The fourth-order valence-corrected chi connectivity index (χ4v) is 2.02. The Morgan fingerprint density at radius 3 is 2.68 bits per heavy atom. The summed E-state index contributed by atoms with van der Waals surface area (Å²) in [7, 11) is -3.28. The van der Waals surface area contributed by atoms with Gasteiger partial charge in [-0.25, -0.2) is 13.1 Å². The lowest BCUT2D eigenvalue weighted by Crippen LogP contribution is -2.37. The van der Waals surface area contributed by atoms with Crippen LogP contribution in [0.25, 0.3) is 0 Å². The molecule has 0 aliphatic rings. The minimum atomic E-state index is -3.28. The Bertz CT molecular complexity index is 605. The van der Waals surface area contributed by atoms with Gasteiger partial charge in [0.2, 0.25) is 15.9 Å². The summed E-state index contributed by atoms with van der Waals surface area (Å²) in [5.74, 6) is -0.217. The third-order valence-corrected chi connectivity index (χ3v) is 3.10. The van der Waals surface area contributed by atoms with Gasteiger partial charge in [-0.3, -0.25) is 4.79 Å². The van der Waals surface area contributed by atoms with Crippen LogP contribution in [0.2, 0.25) is 0 Å². The van der Waals surface area contributed by atoms with Crippen molar-refractivity contribution >= 4 is 21.6 Å². The molecular formula is C12H15N3O3S. The van der Waals surface area contributed by atoms with Crippen molar-refractivity contribution in [2.75, 3.05) is 24.2 Å². The highest BCUT2D eigenvalue weighted by Gasteiger charge is 2.12. The molecule has 7 heteroatoms. The zero-order chi connectivity index (χ0) is 14.5. The number of anilines is 1. The molecule has 0 radical (unpaired) electrons. The lowest BCUT2D eigenvalue weighted by Gasteiger charge is -2.21. The van der Waals surface area contributed by atoms with E-state index >= 15 is 0 Å². The van der Waals surface area contributed by atoms with E-state index in [-0.39, 0.29) is 19.0 Å². The third kappa shape index (κ3) is 5.07. The van der Waals surface area contributed by atoms with E-state index in [1.807, 2.05) is 6.07 Å². The summed E-state index contributed by atoms with van der Waals surface area (Å²) < 4.78 is 24.2. The van der Waals surface area contributed by atoms with Gasteiger partial charge in [0, 0.05) is 25.7 Å². The molecule has 0 aromatic heterocycles. The fourth-order valence-electron chi connectivity index (χ4n) is 1.55. The first-order chi connectivity index (χ1) is 8.83. The van der Waals surface area contributed by atoms with E-state index in [9.17, 15) is 13.2 Å². The van der Waals surface area contributed by atoms with E-state index in [2.05, 4.69) is 4.72 Å². The van der Waals surface area contributed by atoms with Crippen LogP contribution in [0, 0.1) is 11.3 Å². The second kappa shape index (κ2) is 6.31. The number of sulfonamides is 1. The standard InChI is InChI=1S/C12H15N3O3S/c1-10(16)15(7-6-14-19(2,17)18)12-5-3-4-11(8-12)9-13/h3-5,8,14H,6-7H2,1-2H3. The highest BCUT2D eigenvalue weighted by molar-refractivity contribution is 7.88. The largest absolute Gasteiger partial charge is 0.311 e. The van der Waals surface area contributed by atoms with Gasteiger partial charge in [-0.2, -0.15) is 5.26 Å². The highest BCUT2D eigenvalue weighted by Crippen LogP contribution is 2.15. The molecule has 19 heavy (non-hydrogen) atoms. The minimum absolute atomic E-state index is 0.120. The average molecular weight is 281 g/mol. The van der Waals surface area contributed by atoms with Crippen LogP contribution in [0.3, 0.4) is 0 Å². The van der Waals surface area contributed by atoms with Crippen LogP contribution in [0.15, 0.2) is 24.3 Å². The van der Waals surface area contributed by atoms with Crippen LogP contribution in [0.1, 0.15) is 12.5 Å². The second-order valence-corrected chi connectivity index (χ2v) is 5.83. The third-order valence-electron chi connectivity index (χ3n) is 2.37. The molecule has 6 nitrogen and oxygen atoms in total. The van der Waals surface area contributed by atoms with E-state index in [0.29, 0.717) is 11.3 Å². The monoisotopic (exact) mass is 281 g/mol. The first kappa shape index (κ1) is 15.1. The summed E-state index contributed by atoms with van der Waals surface area (Å²) in [6.45, 7) is 1.71. The maximum Gasteiger partial charge on any atom is 0.223 e. The number of rotatable bonds is 5. The number of carbonyl (C=O) groups excluding carboxylic acids is 1. The van der Waals surface area contributed by atoms with Gasteiger partial charge in [0.15, 0.2) is 0 Å². The van der Waals surface area contributed by atoms with E-state index in [1.54, 1.807) is 24.3 Å². The molecule has 0 aliphatic heterocycles.